The Morgan fingerprint density at radius 3 is 2.00 bits per heavy atom. The maximum Gasteiger partial charge on any atom is -0.00255 e. The van der Waals surface area contributed by atoms with Gasteiger partial charge in [0.1, 0.15) is 0 Å². The smallest absolute Gasteiger partial charge is 0.00255 e. The number of fused-ring (bicyclic) bond motifs is 3. The average Bonchev–Trinajstić information content (AvgIpc) is 2.56. The topological polar surface area (TPSA) is 0 Å². The molecule has 0 spiro atoms. The van der Waals surface area contributed by atoms with Crippen molar-refractivity contribution in [3.8, 4) is 0 Å². The average molecular weight is 268 g/mol. The monoisotopic (exact) mass is 268 g/mol. The summed E-state index contributed by atoms with van der Waals surface area (Å²) in [6.45, 7) is 0. The first-order valence-electron chi connectivity index (χ1n) is 7.34. The molecule has 0 aliphatic heterocycles. The normalized spacial score (nSPS) is 11.0. The van der Waals surface area contributed by atoms with Gasteiger partial charge in [-0.3, -0.25) is 0 Å². The zero-order chi connectivity index (χ0) is 14.1. The van der Waals surface area contributed by atoms with Crippen LogP contribution >= 0.6 is 0 Å². The fourth-order valence-electron chi connectivity index (χ4n) is 2.99. The van der Waals surface area contributed by atoms with Crippen molar-refractivity contribution < 1.29 is 0 Å². The minimum absolute atomic E-state index is 0.986. The lowest BCUT2D eigenvalue weighted by molar-refractivity contribution is 1.20. The second-order valence-electron chi connectivity index (χ2n) is 5.50. The molecule has 0 bridgehead atoms. The van der Waals surface area contributed by atoms with E-state index >= 15 is 0 Å². The van der Waals surface area contributed by atoms with Crippen molar-refractivity contribution in [2.45, 2.75) is 6.42 Å². The Balaban J connectivity index is 1.86. The molecule has 21 heavy (non-hydrogen) atoms. The van der Waals surface area contributed by atoms with Crippen LogP contribution in [0.3, 0.4) is 0 Å². The maximum atomic E-state index is 2.34. The molecule has 100 valence electrons. The summed E-state index contributed by atoms with van der Waals surface area (Å²) >= 11 is 0. The molecule has 4 rings (SSSR count). The summed E-state index contributed by atoms with van der Waals surface area (Å²) in [7, 11) is 0. The molecule has 4 aromatic rings. The van der Waals surface area contributed by atoms with Crippen molar-refractivity contribution in [3.63, 3.8) is 0 Å². The molecule has 0 saturated carbocycles. The minimum atomic E-state index is 0.986. The number of hydrogen-bond acceptors (Lipinski definition) is 0. The van der Waals surface area contributed by atoms with Crippen LogP contribution in [0.4, 0.5) is 0 Å². The highest BCUT2D eigenvalue weighted by molar-refractivity contribution is 6.07. The lowest BCUT2D eigenvalue weighted by Gasteiger charge is -2.07. The van der Waals surface area contributed by atoms with E-state index in [1.54, 1.807) is 0 Å². The van der Waals surface area contributed by atoms with Crippen molar-refractivity contribution in [2.75, 3.05) is 0 Å². The van der Waals surface area contributed by atoms with E-state index in [9.17, 15) is 0 Å². The zero-order valence-electron chi connectivity index (χ0n) is 11.8. The highest BCUT2D eigenvalue weighted by Crippen LogP contribution is 2.26. The van der Waals surface area contributed by atoms with Gasteiger partial charge in [-0.1, -0.05) is 84.9 Å². The fraction of sp³-hybridized carbons (Fsp3) is 0.0476. The maximum absolute atomic E-state index is 2.34. The van der Waals surface area contributed by atoms with Gasteiger partial charge in [0, 0.05) is 0 Å². The number of benzene rings is 4. The lowest BCUT2D eigenvalue weighted by Crippen LogP contribution is -1.88. The molecule has 4 aromatic carbocycles. The summed E-state index contributed by atoms with van der Waals surface area (Å²) in [5.74, 6) is 0. The Morgan fingerprint density at radius 1 is 0.476 bits per heavy atom. The van der Waals surface area contributed by atoms with Crippen LogP contribution in [0.25, 0.3) is 21.5 Å². The van der Waals surface area contributed by atoms with Crippen molar-refractivity contribution in [1.29, 1.82) is 0 Å². The quantitative estimate of drug-likeness (QED) is 0.416. The summed E-state index contributed by atoms with van der Waals surface area (Å²) in [5, 5.41) is 5.30. The zero-order valence-corrected chi connectivity index (χ0v) is 11.8. The van der Waals surface area contributed by atoms with Crippen LogP contribution in [0.2, 0.25) is 0 Å². The minimum Gasteiger partial charge on any atom is -0.0622 e. The third-order valence-corrected chi connectivity index (χ3v) is 4.06. The van der Waals surface area contributed by atoms with Crippen LogP contribution in [0.5, 0.6) is 0 Å². The Bertz CT molecular complexity index is 905. The van der Waals surface area contributed by atoms with Crippen molar-refractivity contribution in [2.24, 2.45) is 0 Å². The SMILES string of the molecule is c1ccc(Cc2ccc3ccc4ccccc4c3c2)cc1. The summed E-state index contributed by atoms with van der Waals surface area (Å²) in [6, 6.07) is 30.5. The summed E-state index contributed by atoms with van der Waals surface area (Å²) < 4.78 is 0. The van der Waals surface area contributed by atoms with Crippen molar-refractivity contribution >= 4 is 21.5 Å². The second kappa shape index (κ2) is 5.06. The Kier molecular flexibility index (Phi) is 2.93. The van der Waals surface area contributed by atoms with E-state index in [1.165, 1.54) is 32.7 Å². The van der Waals surface area contributed by atoms with Crippen molar-refractivity contribution in [3.05, 3.63) is 96.1 Å². The van der Waals surface area contributed by atoms with E-state index in [-0.39, 0.29) is 0 Å². The van der Waals surface area contributed by atoms with Crippen LogP contribution in [-0.2, 0) is 6.42 Å². The predicted octanol–water partition coefficient (Wildman–Crippen LogP) is 5.58. The van der Waals surface area contributed by atoms with E-state index in [2.05, 4.69) is 84.9 Å². The van der Waals surface area contributed by atoms with Crippen LogP contribution in [-0.4, -0.2) is 0 Å². The molecular formula is C21H16. The molecule has 0 amide bonds. The second-order valence-corrected chi connectivity index (χ2v) is 5.50. The molecule has 0 saturated heterocycles. The third-order valence-electron chi connectivity index (χ3n) is 4.06. The van der Waals surface area contributed by atoms with Gasteiger partial charge < -0.3 is 0 Å². The molecular weight excluding hydrogens is 252 g/mol. The molecule has 0 N–H and O–H groups in total. The molecule has 0 fully saturated rings. The van der Waals surface area contributed by atoms with E-state index < -0.39 is 0 Å². The van der Waals surface area contributed by atoms with E-state index in [1.807, 2.05) is 0 Å². The van der Waals surface area contributed by atoms with Gasteiger partial charge in [-0.2, -0.15) is 0 Å². The van der Waals surface area contributed by atoms with Gasteiger partial charge in [-0.05, 0) is 39.1 Å². The van der Waals surface area contributed by atoms with E-state index in [0.717, 1.165) is 6.42 Å². The molecule has 0 radical (unpaired) electrons. The van der Waals surface area contributed by atoms with Crippen LogP contribution in [0.1, 0.15) is 11.1 Å². The molecule has 0 unspecified atom stereocenters. The van der Waals surface area contributed by atoms with Gasteiger partial charge in [-0.15, -0.1) is 0 Å². The fourth-order valence-corrected chi connectivity index (χ4v) is 2.99. The van der Waals surface area contributed by atoms with E-state index in [4.69, 9.17) is 0 Å². The van der Waals surface area contributed by atoms with Gasteiger partial charge in [0.25, 0.3) is 0 Å². The Morgan fingerprint density at radius 2 is 1.14 bits per heavy atom. The van der Waals surface area contributed by atoms with Crippen LogP contribution in [0.15, 0.2) is 84.9 Å². The highest BCUT2D eigenvalue weighted by atomic mass is 14.1. The predicted molar refractivity (Wildman–Crippen MR) is 90.7 cm³/mol. The molecule has 0 aliphatic carbocycles. The first-order valence-corrected chi connectivity index (χ1v) is 7.34. The molecule has 0 heterocycles. The largest absolute Gasteiger partial charge is 0.0622 e. The third kappa shape index (κ3) is 2.30. The summed E-state index contributed by atoms with van der Waals surface area (Å²) in [6.07, 6.45) is 0.986. The molecule has 0 nitrogen and oxygen atoms in total. The standard InChI is InChI=1S/C21H16/c1-2-6-16(7-3-1)14-17-10-11-19-13-12-18-8-4-5-9-20(18)21(19)15-17/h1-13,15H,14H2. The van der Waals surface area contributed by atoms with Gasteiger partial charge >= 0.3 is 0 Å². The Hall–Kier alpha value is -2.60. The van der Waals surface area contributed by atoms with Gasteiger partial charge in [0.2, 0.25) is 0 Å². The number of hydrogen-bond donors (Lipinski definition) is 0. The van der Waals surface area contributed by atoms with E-state index in [0.29, 0.717) is 0 Å². The molecule has 0 aromatic heterocycles. The lowest BCUT2D eigenvalue weighted by atomic mass is 9.97. The molecule has 0 atom stereocenters. The van der Waals surface area contributed by atoms with Crippen molar-refractivity contribution in [1.82, 2.24) is 0 Å². The molecule has 0 aliphatic rings. The van der Waals surface area contributed by atoms with Gasteiger partial charge in [0.15, 0.2) is 0 Å². The van der Waals surface area contributed by atoms with Crippen LogP contribution in [0, 0.1) is 0 Å². The van der Waals surface area contributed by atoms with Gasteiger partial charge in [0.05, 0.1) is 0 Å². The van der Waals surface area contributed by atoms with Gasteiger partial charge in [-0.25, -0.2) is 0 Å². The van der Waals surface area contributed by atoms with Crippen LogP contribution < -0.4 is 0 Å². The number of rotatable bonds is 2. The summed E-state index contributed by atoms with van der Waals surface area (Å²) in [4.78, 5) is 0. The first-order chi connectivity index (χ1) is 10.4. The highest BCUT2D eigenvalue weighted by Gasteiger charge is 2.02. The summed E-state index contributed by atoms with van der Waals surface area (Å²) in [5.41, 5.74) is 2.72. The Labute approximate surface area is 124 Å². The first kappa shape index (κ1) is 12.2. The molecule has 0 heteroatoms.